The molecule has 0 aliphatic carbocycles. The molecule has 35 heavy (non-hydrogen) atoms. The van der Waals surface area contributed by atoms with E-state index in [1.807, 2.05) is 35.2 Å². The third kappa shape index (κ3) is 3.97. The molecule has 0 aromatic heterocycles. The van der Waals surface area contributed by atoms with E-state index in [9.17, 15) is 4.79 Å². The van der Waals surface area contributed by atoms with Crippen molar-refractivity contribution in [1.29, 1.82) is 0 Å². The fourth-order valence-corrected chi connectivity index (χ4v) is 4.25. The first-order valence-corrected chi connectivity index (χ1v) is 11.0. The smallest absolute Gasteiger partial charge is 0.231 e. The van der Waals surface area contributed by atoms with E-state index >= 15 is 0 Å². The Bertz CT molecular complexity index is 1330. The third-order valence-corrected chi connectivity index (χ3v) is 6.06. The lowest BCUT2D eigenvalue weighted by Gasteiger charge is -2.32. The molecule has 0 fully saturated rings. The predicted octanol–water partition coefficient (Wildman–Crippen LogP) is 4.69. The molecule has 0 bridgehead atoms. The van der Waals surface area contributed by atoms with Gasteiger partial charge in [-0.15, -0.1) is 0 Å². The quantitative estimate of drug-likeness (QED) is 0.475. The van der Waals surface area contributed by atoms with Crippen molar-refractivity contribution < 1.29 is 33.2 Å². The van der Waals surface area contributed by atoms with Crippen LogP contribution in [0.4, 0.5) is 5.69 Å². The summed E-state index contributed by atoms with van der Waals surface area (Å²) in [6.45, 7) is 0.814. The van der Waals surface area contributed by atoms with E-state index in [4.69, 9.17) is 28.4 Å². The van der Waals surface area contributed by atoms with Crippen molar-refractivity contribution in [2.45, 2.75) is 6.54 Å². The first-order chi connectivity index (χ1) is 17.1. The van der Waals surface area contributed by atoms with E-state index < -0.39 is 0 Å². The molecule has 2 aliphatic heterocycles. The highest BCUT2D eigenvalue weighted by Crippen LogP contribution is 2.44. The Balaban J connectivity index is 1.47. The summed E-state index contributed by atoms with van der Waals surface area (Å²) in [5.41, 5.74) is 2.91. The number of carbonyl (C=O) groups excluding carboxylic acids is 1. The summed E-state index contributed by atoms with van der Waals surface area (Å²) in [6, 6.07) is 14.6. The van der Waals surface area contributed by atoms with Crippen LogP contribution >= 0.6 is 0 Å². The molecular formula is C27H25NO7. The van der Waals surface area contributed by atoms with Gasteiger partial charge in [-0.05, 0) is 48.0 Å². The second kappa shape index (κ2) is 9.13. The van der Waals surface area contributed by atoms with Crippen molar-refractivity contribution in [1.82, 2.24) is 0 Å². The normalized spacial score (nSPS) is 15.1. The fraction of sp³-hybridized carbons (Fsp3) is 0.222. The zero-order valence-electron chi connectivity index (χ0n) is 19.9. The van der Waals surface area contributed by atoms with Crippen molar-refractivity contribution in [3.05, 3.63) is 71.0 Å². The van der Waals surface area contributed by atoms with E-state index in [0.29, 0.717) is 53.3 Å². The van der Waals surface area contributed by atoms with Gasteiger partial charge in [0.2, 0.25) is 5.78 Å². The Morgan fingerprint density at radius 1 is 0.857 bits per heavy atom. The molecule has 0 spiro atoms. The van der Waals surface area contributed by atoms with Gasteiger partial charge >= 0.3 is 0 Å². The molecule has 8 heteroatoms. The molecule has 180 valence electrons. The summed E-state index contributed by atoms with van der Waals surface area (Å²) in [4.78, 5) is 15.2. The number of carbonyl (C=O) groups is 1. The minimum Gasteiger partial charge on any atom is -0.497 e. The minimum absolute atomic E-state index is 0.184. The highest BCUT2D eigenvalue weighted by molar-refractivity contribution is 6.15. The van der Waals surface area contributed by atoms with Gasteiger partial charge in [-0.25, -0.2) is 0 Å². The van der Waals surface area contributed by atoms with Crippen LogP contribution in [0, 0.1) is 0 Å². The standard InChI is InChI=1S/C27H25NO7/c1-30-17-6-8-20(23(13-17)32-3)28-14-19-21(34-15-28)10-7-18-26(29)25(35-27(18)19)12-16-5-9-22(31-2)24(11-16)33-4/h5-13H,14-15H2,1-4H3. The molecule has 0 atom stereocenters. The zero-order valence-corrected chi connectivity index (χ0v) is 19.9. The fourth-order valence-electron chi connectivity index (χ4n) is 4.25. The largest absolute Gasteiger partial charge is 0.497 e. The molecule has 0 unspecified atom stereocenters. The van der Waals surface area contributed by atoms with Gasteiger partial charge in [-0.3, -0.25) is 4.79 Å². The number of Topliss-reactive ketones (excluding diaryl/α,β-unsaturated/α-hetero) is 1. The Kier molecular flexibility index (Phi) is 5.86. The maximum atomic E-state index is 13.1. The number of anilines is 1. The molecule has 0 amide bonds. The van der Waals surface area contributed by atoms with Crippen molar-refractivity contribution in [2.24, 2.45) is 0 Å². The maximum Gasteiger partial charge on any atom is 0.231 e. The zero-order chi connectivity index (χ0) is 24.5. The molecule has 3 aromatic rings. The van der Waals surface area contributed by atoms with Crippen molar-refractivity contribution in [3.63, 3.8) is 0 Å². The average Bonchev–Trinajstić information content (AvgIpc) is 3.23. The molecular weight excluding hydrogens is 450 g/mol. The van der Waals surface area contributed by atoms with Crippen LogP contribution in [0.1, 0.15) is 21.5 Å². The van der Waals surface area contributed by atoms with Crippen LogP contribution in [0.5, 0.6) is 34.5 Å². The molecule has 5 rings (SSSR count). The molecule has 8 nitrogen and oxygen atoms in total. The van der Waals surface area contributed by atoms with Crippen molar-refractivity contribution in [3.8, 4) is 34.5 Å². The van der Waals surface area contributed by atoms with Gasteiger partial charge in [0.25, 0.3) is 0 Å². The van der Waals surface area contributed by atoms with E-state index in [2.05, 4.69) is 0 Å². The topological polar surface area (TPSA) is 75.7 Å². The van der Waals surface area contributed by atoms with E-state index in [-0.39, 0.29) is 11.5 Å². The van der Waals surface area contributed by atoms with Crippen LogP contribution in [0.3, 0.4) is 0 Å². The number of ketones is 1. The molecule has 0 N–H and O–H groups in total. The van der Waals surface area contributed by atoms with Crippen molar-refractivity contribution >= 4 is 17.5 Å². The van der Waals surface area contributed by atoms with Crippen LogP contribution in [0.15, 0.2) is 54.3 Å². The van der Waals surface area contributed by atoms with Crippen LogP contribution in [0.25, 0.3) is 6.08 Å². The first kappa shape index (κ1) is 22.5. The number of benzene rings is 3. The minimum atomic E-state index is -0.184. The average molecular weight is 475 g/mol. The molecule has 0 saturated carbocycles. The number of ether oxygens (including phenoxy) is 6. The van der Waals surface area contributed by atoms with Crippen LogP contribution in [-0.2, 0) is 6.54 Å². The van der Waals surface area contributed by atoms with Crippen LogP contribution in [-0.4, -0.2) is 41.0 Å². The SMILES string of the molecule is COc1ccc(N2COc3ccc4c(c3C2)OC(=Cc2ccc(OC)c(OC)c2)C4=O)c(OC)c1. The van der Waals surface area contributed by atoms with E-state index in [1.54, 1.807) is 52.7 Å². The number of fused-ring (bicyclic) bond motifs is 3. The number of methoxy groups -OCH3 is 4. The van der Waals surface area contributed by atoms with Crippen molar-refractivity contribution in [2.75, 3.05) is 40.1 Å². The van der Waals surface area contributed by atoms with Gasteiger partial charge in [0.05, 0.1) is 51.8 Å². The van der Waals surface area contributed by atoms with Gasteiger partial charge in [0, 0.05) is 6.07 Å². The Hall–Kier alpha value is -4.33. The number of rotatable bonds is 6. The molecule has 3 aromatic carbocycles. The lowest BCUT2D eigenvalue weighted by molar-refractivity contribution is 0.101. The molecule has 2 aliphatic rings. The number of hydrogen-bond donors (Lipinski definition) is 0. The number of allylic oxidation sites excluding steroid dienone is 1. The predicted molar refractivity (Wildman–Crippen MR) is 130 cm³/mol. The Labute approximate surface area is 203 Å². The second-order valence-electron chi connectivity index (χ2n) is 7.98. The maximum absolute atomic E-state index is 13.1. The van der Waals surface area contributed by atoms with Gasteiger partial charge in [-0.1, -0.05) is 6.07 Å². The molecule has 2 heterocycles. The number of hydrogen-bond acceptors (Lipinski definition) is 8. The van der Waals surface area contributed by atoms with Gasteiger partial charge < -0.3 is 33.3 Å². The summed E-state index contributed by atoms with van der Waals surface area (Å²) in [5.74, 6) is 3.79. The second-order valence-corrected chi connectivity index (χ2v) is 7.98. The Morgan fingerprint density at radius 3 is 2.40 bits per heavy atom. The summed E-state index contributed by atoms with van der Waals surface area (Å²) < 4.78 is 33.7. The summed E-state index contributed by atoms with van der Waals surface area (Å²) >= 11 is 0. The highest BCUT2D eigenvalue weighted by atomic mass is 16.5. The summed E-state index contributed by atoms with van der Waals surface area (Å²) in [6.07, 6.45) is 1.70. The number of nitrogens with zero attached hydrogens (tertiary/aromatic N) is 1. The first-order valence-electron chi connectivity index (χ1n) is 11.0. The van der Waals surface area contributed by atoms with Crippen LogP contribution in [0.2, 0.25) is 0 Å². The van der Waals surface area contributed by atoms with E-state index in [0.717, 1.165) is 16.8 Å². The third-order valence-electron chi connectivity index (χ3n) is 6.06. The summed E-state index contributed by atoms with van der Waals surface area (Å²) in [7, 11) is 6.37. The highest BCUT2D eigenvalue weighted by Gasteiger charge is 2.34. The Morgan fingerprint density at radius 2 is 1.66 bits per heavy atom. The van der Waals surface area contributed by atoms with Gasteiger partial charge in [-0.2, -0.15) is 0 Å². The van der Waals surface area contributed by atoms with Gasteiger partial charge in [0.15, 0.2) is 24.0 Å². The lowest BCUT2D eigenvalue weighted by Crippen LogP contribution is -2.32. The molecule has 0 radical (unpaired) electrons. The van der Waals surface area contributed by atoms with Crippen LogP contribution < -0.4 is 33.3 Å². The summed E-state index contributed by atoms with van der Waals surface area (Å²) in [5, 5.41) is 0. The van der Waals surface area contributed by atoms with E-state index in [1.165, 1.54) is 0 Å². The lowest BCUT2D eigenvalue weighted by atomic mass is 10.0. The monoisotopic (exact) mass is 475 g/mol. The molecule has 0 saturated heterocycles. The van der Waals surface area contributed by atoms with Gasteiger partial charge in [0.1, 0.15) is 23.0 Å².